The van der Waals surface area contributed by atoms with Crippen molar-refractivity contribution in [1.29, 1.82) is 0 Å². The summed E-state index contributed by atoms with van der Waals surface area (Å²) < 4.78 is 11.7. The molecule has 0 heterocycles. The molecule has 0 amide bonds. The highest BCUT2D eigenvalue weighted by Crippen LogP contribution is 2.60. The van der Waals surface area contributed by atoms with Crippen LogP contribution in [0.3, 0.4) is 0 Å². The molecule has 0 saturated heterocycles. The van der Waals surface area contributed by atoms with Gasteiger partial charge in [0, 0.05) is 11.8 Å². The topological polar surface area (TPSA) is 68.1 Å². The number of nitrogens with zero attached hydrogens (tertiary/aromatic N) is 1. The maximum absolute atomic E-state index is 11.1. The Morgan fingerprint density at radius 3 is 2.19 bits per heavy atom. The third-order valence-corrected chi connectivity index (χ3v) is 8.68. The fourth-order valence-corrected chi connectivity index (χ4v) is 7.36. The Bertz CT molecular complexity index is 1270. The van der Waals surface area contributed by atoms with Crippen molar-refractivity contribution in [3.05, 3.63) is 89.0 Å². The molecule has 0 aliphatic heterocycles. The number of aromatic carboxylic acids is 1. The summed E-state index contributed by atoms with van der Waals surface area (Å²) in [5, 5.41) is 9.11. The number of carboxylic acids is 1. The first-order chi connectivity index (χ1) is 18.0. The van der Waals surface area contributed by atoms with Crippen molar-refractivity contribution in [2.75, 3.05) is 7.11 Å². The van der Waals surface area contributed by atoms with Gasteiger partial charge in [0.05, 0.1) is 18.4 Å². The number of ether oxygens (including phenoxy) is 2. The molecule has 0 unspecified atom stereocenters. The number of methoxy groups -OCH3 is 1. The second-order valence-corrected chi connectivity index (χ2v) is 11.2. The predicted octanol–water partition coefficient (Wildman–Crippen LogP) is 7.19. The van der Waals surface area contributed by atoms with Crippen LogP contribution in [0.1, 0.15) is 65.6 Å². The van der Waals surface area contributed by atoms with Crippen LogP contribution in [0.4, 0.5) is 5.69 Å². The molecular formula is C32H33NO4. The molecule has 0 radical (unpaired) electrons. The average Bonchev–Trinajstić information content (AvgIpc) is 2.90. The molecule has 4 aliphatic rings. The molecule has 4 fully saturated rings. The molecule has 7 rings (SSSR count). The molecule has 4 aliphatic carbocycles. The number of rotatable bonds is 8. The molecule has 0 spiro atoms. The van der Waals surface area contributed by atoms with Gasteiger partial charge in [-0.1, -0.05) is 30.3 Å². The third kappa shape index (κ3) is 4.75. The molecular weight excluding hydrogens is 462 g/mol. The van der Waals surface area contributed by atoms with Gasteiger partial charge >= 0.3 is 5.97 Å². The van der Waals surface area contributed by atoms with Crippen molar-refractivity contribution in [3.8, 4) is 11.5 Å². The quantitative estimate of drug-likeness (QED) is 0.336. The van der Waals surface area contributed by atoms with Crippen LogP contribution < -0.4 is 9.47 Å². The maximum Gasteiger partial charge on any atom is 0.335 e. The molecule has 5 nitrogen and oxygen atoms in total. The van der Waals surface area contributed by atoms with Crippen LogP contribution in [0.15, 0.2) is 71.7 Å². The Morgan fingerprint density at radius 1 is 0.946 bits per heavy atom. The van der Waals surface area contributed by atoms with E-state index >= 15 is 0 Å². The van der Waals surface area contributed by atoms with Gasteiger partial charge in [-0.05, 0) is 109 Å². The largest absolute Gasteiger partial charge is 0.493 e. The average molecular weight is 496 g/mol. The second-order valence-electron chi connectivity index (χ2n) is 11.2. The Kier molecular flexibility index (Phi) is 6.23. The summed E-state index contributed by atoms with van der Waals surface area (Å²) in [5.41, 5.74) is 4.78. The minimum atomic E-state index is -0.943. The van der Waals surface area contributed by atoms with Gasteiger partial charge in [0.1, 0.15) is 6.61 Å². The highest BCUT2D eigenvalue weighted by Gasteiger charge is 2.51. The number of carbonyl (C=O) groups is 1. The summed E-state index contributed by atoms with van der Waals surface area (Å²) in [6.45, 7) is 0.293. The Hall–Kier alpha value is -3.60. The monoisotopic (exact) mass is 495 g/mol. The first-order valence-corrected chi connectivity index (χ1v) is 13.3. The fraction of sp³-hybridized carbons (Fsp3) is 0.375. The minimum absolute atomic E-state index is 0.253. The molecule has 3 aromatic rings. The standard InChI is InChI=1S/C32H33NO4/c1-36-29-4-2-3-26(30(29)37-20-21-5-7-25(8-6-21)31(34)35)19-33-28-11-9-27(10-12-28)32-16-22-13-23(17-32)15-24(14-22)18-32/h2-12,19,22-24H,13-18,20H2,1H3,(H,34,35). The first kappa shape index (κ1) is 23.8. The van der Waals surface area contributed by atoms with E-state index in [9.17, 15) is 4.79 Å². The van der Waals surface area contributed by atoms with Crippen LogP contribution >= 0.6 is 0 Å². The van der Waals surface area contributed by atoms with Crippen LogP contribution in [-0.4, -0.2) is 24.4 Å². The van der Waals surface area contributed by atoms with Gasteiger partial charge in [-0.25, -0.2) is 4.79 Å². The molecule has 1 N–H and O–H groups in total. The molecule has 3 aromatic carbocycles. The molecule has 4 bridgehead atoms. The predicted molar refractivity (Wildman–Crippen MR) is 144 cm³/mol. The van der Waals surface area contributed by atoms with E-state index in [0.29, 0.717) is 23.5 Å². The molecule has 0 aromatic heterocycles. The number of aliphatic imine (C=N–C) groups is 1. The van der Waals surface area contributed by atoms with Gasteiger partial charge in [-0.3, -0.25) is 4.99 Å². The Labute approximate surface area is 218 Å². The van der Waals surface area contributed by atoms with E-state index in [2.05, 4.69) is 24.3 Å². The zero-order valence-electron chi connectivity index (χ0n) is 21.2. The van der Waals surface area contributed by atoms with Crippen LogP contribution in [0, 0.1) is 17.8 Å². The van der Waals surface area contributed by atoms with Crippen LogP contribution in [0.25, 0.3) is 0 Å². The summed E-state index contributed by atoms with van der Waals surface area (Å²) in [4.78, 5) is 15.9. The molecule has 4 saturated carbocycles. The van der Waals surface area contributed by atoms with Gasteiger partial charge in [0.25, 0.3) is 0 Å². The summed E-state index contributed by atoms with van der Waals surface area (Å²) in [7, 11) is 1.62. The molecule has 190 valence electrons. The number of hydrogen-bond acceptors (Lipinski definition) is 4. The van der Waals surface area contributed by atoms with E-state index in [1.54, 1.807) is 31.4 Å². The first-order valence-electron chi connectivity index (χ1n) is 13.3. The van der Waals surface area contributed by atoms with E-state index < -0.39 is 5.97 Å². The van der Waals surface area contributed by atoms with Gasteiger partial charge < -0.3 is 14.6 Å². The lowest BCUT2D eigenvalue weighted by Crippen LogP contribution is -2.48. The molecule has 0 atom stereocenters. The van der Waals surface area contributed by atoms with Crippen molar-refractivity contribution < 1.29 is 19.4 Å². The van der Waals surface area contributed by atoms with E-state index in [-0.39, 0.29) is 5.56 Å². The van der Waals surface area contributed by atoms with E-state index in [1.165, 1.54) is 44.1 Å². The van der Waals surface area contributed by atoms with Gasteiger partial charge in [0.15, 0.2) is 11.5 Å². The minimum Gasteiger partial charge on any atom is -0.493 e. The lowest BCUT2D eigenvalue weighted by atomic mass is 9.48. The molecule has 5 heteroatoms. The summed E-state index contributed by atoms with van der Waals surface area (Å²) in [6.07, 6.45) is 10.3. The fourth-order valence-electron chi connectivity index (χ4n) is 7.36. The van der Waals surface area contributed by atoms with Crippen molar-refractivity contribution in [3.63, 3.8) is 0 Å². The van der Waals surface area contributed by atoms with E-state index in [0.717, 1.165) is 34.6 Å². The van der Waals surface area contributed by atoms with Crippen LogP contribution in [0.2, 0.25) is 0 Å². The molecule has 37 heavy (non-hydrogen) atoms. The lowest BCUT2D eigenvalue weighted by molar-refractivity contribution is -0.00518. The summed E-state index contributed by atoms with van der Waals surface area (Å²) >= 11 is 0. The van der Waals surface area contributed by atoms with Crippen molar-refractivity contribution in [1.82, 2.24) is 0 Å². The number of benzene rings is 3. The van der Waals surface area contributed by atoms with Gasteiger partial charge in [0.2, 0.25) is 0 Å². The van der Waals surface area contributed by atoms with E-state index in [4.69, 9.17) is 19.6 Å². The number of carboxylic acid groups (broad SMARTS) is 1. The normalized spacial score (nSPS) is 25.9. The summed E-state index contributed by atoms with van der Waals surface area (Å²) in [5.74, 6) is 3.10. The summed E-state index contributed by atoms with van der Waals surface area (Å²) in [6, 6.07) is 21.3. The van der Waals surface area contributed by atoms with Gasteiger partial charge in [-0.15, -0.1) is 0 Å². The number of para-hydroxylation sites is 1. The van der Waals surface area contributed by atoms with E-state index in [1.807, 2.05) is 24.4 Å². The highest BCUT2D eigenvalue weighted by atomic mass is 16.5. The van der Waals surface area contributed by atoms with Crippen LogP contribution in [0.5, 0.6) is 11.5 Å². The van der Waals surface area contributed by atoms with Crippen molar-refractivity contribution in [2.24, 2.45) is 22.7 Å². The lowest BCUT2D eigenvalue weighted by Gasteiger charge is -2.57. The van der Waals surface area contributed by atoms with Crippen LogP contribution in [-0.2, 0) is 12.0 Å². The Morgan fingerprint density at radius 2 is 1.59 bits per heavy atom. The van der Waals surface area contributed by atoms with Crippen molar-refractivity contribution >= 4 is 17.9 Å². The highest BCUT2D eigenvalue weighted by molar-refractivity contribution is 5.88. The third-order valence-electron chi connectivity index (χ3n) is 8.68. The van der Waals surface area contributed by atoms with Gasteiger partial charge in [-0.2, -0.15) is 0 Å². The van der Waals surface area contributed by atoms with Crippen molar-refractivity contribution in [2.45, 2.75) is 50.5 Å². The zero-order chi connectivity index (χ0) is 25.4. The smallest absolute Gasteiger partial charge is 0.335 e. The maximum atomic E-state index is 11.1. The second kappa shape index (κ2) is 9.70. The Balaban J connectivity index is 1.18. The number of hydrogen-bond donors (Lipinski definition) is 1. The SMILES string of the molecule is COc1cccc(C=Nc2ccc(C34CC5CC(CC(C5)C3)C4)cc2)c1OCc1ccc(C(=O)O)cc1. The zero-order valence-corrected chi connectivity index (χ0v) is 21.2.